The zero-order valence-electron chi connectivity index (χ0n) is 21.1. The van der Waals surface area contributed by atoms with E-state index in [9.17, 15) is 19.2 Å². The van der Waals surface area contributed by atoms with E-state index in [4.69, 9.17) is 26.8 Å². The van der Waals surface area contributed by atoms with Crippen molar-refractivity contribution in [2.24, 2.45) is 5.92 Å². The summed E-state index contributed by atoms with van der Waals surface area (Å²) >= 11 is 5.90. The molecule has 0 aliphatic rings. The molecular weight excluding hydrogens is 462 g/mol. The number of carbonyl (C=O) groups excluding carboxylic acids is 4. The Morgan fingerprint density at radius 2 is 1.53 bits per heavy atom. The van der Waals surface area contributed by atoms with E-state index in [1.54, 1.807) is 55.4 Å². The molecule has 2 unspecified atom stereocenters. The monoisotopic (exact) mass is 497 g/mol. The lowest BCUT2D eigenvalue weighted by Gasteiger charge is -2.28. The Labute approximate surface area is 206 Å². The molecule has 0 bridgehead atoms. The highest BCUT2D eigenvalue weighted by atomic mass is 35.5. The van der Waals surface area contributed by atoms with Crippen LogP contribution in [0.2, 0.25) is 5.02 Å². The van der Waals surface area contributed by atoms with Gasteiger partial charge in [0.15, 0.2) is 5.78 Å². The van der Waals surface area contributed by atoms with Crippen LogP contribution in [0.25, 0.3) is 0 Å². The van der Waals surface area contributed by atoms with Crippen LogP contribution in [0.3, 0.4) is 0 Å². The molecule has 0 heterocycles. The molecule has 34 heavy (non-hydrogen) atoms. The fourth-order valence-corrected chi connectivity index (χ4v) is 3.04. The topological polar surface area (TPSA) is 137 Å². The Bertz CT molecular complexity index is 918. The molecule has 2 atom stereocenters. The predicted molar refractivity (Wildman–Crippen MR) is 131 cm³/mol. The van der Waals surface area contributed by atoms with Gasteiger partial charge in [0.2, 0.25) is 5.91 Å². The molecule has 9 nitrogen and oxygen atoms in total. The summed E-state index contributed by atoms with van der Waals surface area (Å²) in [6.07, 6.45) is -1.31. The number of carbonyl (C=O) groups is 4. The van der Waals surface area contributed by atoms with Crippen molar-refractivity contribution in [3.05, 3.63) is 28.8 Å². The first-order chi connectivity index (χ1) is 15.4. The van der Waals surface area contributed by atoms with Gasteiger partial charge in [0, 0.05) is 22.7 Å². The molecule has 10 heteroatoms. The molecule has 2 amide bonds. The van der Waals surface area contributed by atoms with Gasteiger partial charge >= 0.3 is 12.1 Å². The third-order valence-electron chi connectivity index (χ3n) is 4.34. The number of hydrogen-bond acceptors (Lipinski definition) is 7. The first kappa shape index (κ1) is 29.2. The van der Waals surface area contributed by atoms with E-state index in [2.05, 4.69) is 10.6 Å². The van der Waals surface area contributed by atoms with Crippen molar-refractivity contribution in [1.82, 2.24) is 10.6 Å². The maximum Gasteiger partial charge on any atom is 0.408 e. The number of Topliss-reactive ketones (excluding diaryl/α,β-unsaturated/α-hetero) is 1. The Morgan fingerprint density at radius 1 is 0.971 bits per heavy atom. The SMILES string of the molecule is CC(C)C(NC(=O)C(CC(=O)c1ccc(Cl)cc1N)NC(=O)OC(C)(C)C)C(=O)OC(C)(C)C. The number of hydrogen-bond donors (Lipinski definition) is 3. The number of nitrogens with two attached hydrogens (primary N) is 1. The average molecular weight is 498 g/mol. The number of anilines is 1. The number of alkyl carbamates (subject to hydrolysis) is 1. The van der Waals surface area contributed by atoms with Crippen LogP contribution in [0.15, 0.2) is 18.2 Å². The standard InChI is InChI=1S/C24H36ClN3O6/c1-13(2)19(21(31)33-23(3,4)5)28-20(30)17(27-22(32)34-24(6,7)8)12-18(29)15-10-9-14(25)11-16(15)26/h9-11,13,17,19H,12,26H2,1-8H3,(H,27,32)(H,28,30). The van der Waals surface area contributed by atoms with Gasteiger partial charge in [0.05, 0.1) is 0 Å². The fraction of sp³-hybridized carbons (Fsp3) is 0.583. The van der Waals surface area contributed by atoms with Gasteiger partial charge in [0.1, 0.15) is 23.3 Å². The highest BCUT2D eigenvalue weighted by molar-refractivity contribution is 6.31. The van der Waals surface area contributed by atoms with Crippen molar-refractivity contribution < 1.29 is 28.7 Å². The molecule has 4 N–H and O–H groups in total. The molecule has 0 aromatic heterocycles. The minimum Gasteiger partial charge on any atom is -0.458 e. The maximum atomic E-state index is 13.1. The van der Waals surface area contributed by atoms with Gasteiger partial charge in [-0.05, 0) is 65.7 Å². The molecule has 0 spiro atoms. The van der Waals surface area contributed by atoms with Gasteiger partial charge in [-0.2, -0.15) is 0 Å². The second kappa shape index (κ2) is 11.6. The van der Waals surface area contributed by atoms with E-state index in [0.29, 0.717) is 5.02 Å². The third kappa shape index (κ3) is 9.99. The van der Waals surface area contributed by atoms with Crippen LogP contribution in [0.4, 0.5) is 10.5 Å². The summed E-state index contributed by atoms with van der Waals surface area (Å²) in [5, 5.41) is 5.38. The zero-order valence-corrected chi connectivity index (χ0v) is 21.8. The first-order valence-corrected chi connectivity index (χ1v) is 11.4. The molecular formula is C24H36ClN3O6. The van der Waals surface area contributed by atoms with Crippen LogP contribution in [-0.4, -0.2) is 47.0 Å². The molecule has 1 aromatic rings. The van der Waals surface area contributed by atoms with Gasteiger partial charge in [-0.25, -0.2) is 9.59 Å². The van der Waals surface area contributed by atoms with Crippen LogP contribution in [0.1, 0.15) is 72.2 Å². The highest BCUT2D eigenvalue weighted by Gasteiger charge is 2.34. The summed E-state index contributed by atoms with van der Waals surface area (Å²) in [4.78, 5) is 51.1. The lowest BCUT2D eigenvalue weighted by molar-refractivity contribution is -0.160. The summed E-state index contributed by atoms with van der Waals surface area (Å²) in [5.74, 6) is -2.18. The quantitative estimate of drug-likeness (QED) is 0.281. The normalized spacial score (nSPS) is 13.6. The average Bonchev–Trinajstić information content (AvgIpc) is 2.61. The van der Waals surface area contributed by atoms with Crippen molar-refractivity contribution >= 4 is 41.0 Å². The molecule has 0 radical (unpaired) electrons. The van der Waals surface area contributed by atoms with Gasteiger partial charge < -0.3 is 25.8 Å². The highest BCUT2D eigenvalue weighted by Crippen LogP contribution is 2.20. The number of halogens is 1. The van der Waals surface area contributed by atoms with Gasteiger partial charge in [-0.3, -0.25) is 9.59 Å². The second-order valence-corrected chi connectivity index (χ2v) is 10.8. The third-order valence-corrected chi connectivity index (χ3v) is 4.57. The molecule has 0 fully saturated rings. The Balaban J connectivity index is 3.16. The van der Waals surface area contributed by atoms with Crippen molar-refractivity contribution in [1.29, 1.82) is 0 Å². The van der Waals surface area contributed by atoms with E-state index in [1.165, 1.54) is 18.2 Å². The number of amides is 2. The Morgan fingerprint density at radius 3 is 2.00 bits per heavy atom. The van der Waals surface area contributed by atoms with Gasteiger partial charge in [-0.1, -0.05) is 25.4 Å². The number of esters is 1. The molecule has 1 aromatic carbocycles. The van der Waals surface area contributed by atoms with Gasteiger partial charge in [-0.15, -0.1) is 0 Å². The molecule has 0 aliphatic carbocycles. The van der Waals surface area contributed by atoms with E-state index >= 15 is 0 Å². The maximum absolute atomic E-state index is 13.1. The van der Waals surface area contributed by atoms with Crippen LogP contribution in [0, 0.1) is 5.92 Å². The van der Waals surface area contributed by atoms with E-state index in [0.717, 1.165) is 0 Å². The van der Waals surface area contributed by atoms with E-state index in [1.807, 2.05) is 0 Å². The smallest absolute Gasteiger partial charge is 0.408 e. The number of ether oxygens (including phenoxy) is 2. The van der Waals surface area contributed by atoms with Crippen LogP contribution < -0.4 is 16.4 Å². The Hall–Kier alpha value is -2.81. The summed E-state index contributed by atoms with van der Waals surface area (Å²) in [6, 6.07) is 2.04. The number of nitrogens with one attached hydrogen (secondary N) is 2. The van der Waals surface area contributed by atoms with Crippen LogP contribution in [-0.2, 0) is 19.1 Å². The lowest BCUT2D eigenvalue weighted by Crippen LogP contribution is -2.55. The Kier molecular flexibility index (Phi) is 9.93. The first-order valence-electron chi connectivity index (χ1n) is 11.0. The fourth-order valence-electron chi connectivity index (χ4n) is 2.86. The number of benzene rings is 1. The number of ketones is 1. The van der Waals surface area contributed by atoms with Crippen molar-refractivity contribution in [2.75, 3.05) is 5.73 Å². The van der Waals surface area contributed by atoms with E-state index in [-0.39, 0.29) is 17.2 Å². The van der Waals surface area contributed by atoms with Crippen LogP contribution >= 0.6 is 11.6 Å². The number of nitrogen functional groups attached to an aromatic ring is 1. The lowest BCUT2D eigenvalue weighted by atomic mass is 10.00. The predicted octanol–water partition coefficient (Wildman–Crippen LogP) is 3.87. The largest absolute Gasteiger partial charge is 0.458 e. The molecule has 0 saturated carbocycles. The van der Waals surface area contributed by atoms with Crippen molar-refractivity contribution in [3.8, 4) is 0 Å². The van der Waals surface area contributed by atoms with Crippen molar-refractivity contribution in [2.45, 2.75) is 85.1 Å². The number of rotatable bonds is 8. The molecule has 0 aliphatic heterocycles. The zero-order chi connectivity index (χ0) is 26.4. The summed E-state index contributed by atoms with van der Waals surface area (Å²) in [7, 11) is 0. The minimum atomic E-state index is -1.33. The second-order valence-electron chi connectivity index (χ2n) is 10.3. The van der Waals surface area contributed by atoms with E-state index < -0.39 is 53.5 Å². The van der Waals surface area contributed by atoms with Gasteiger partial charge in [0.25, 0.3) is 0 Å². The summed E-state index contributed by atoms with van der Waals surface area (Å²) < 4.78 is 10.6. The van der Waals surface area contributed by atoms with Crippen LogP contribution in [0.5, 0.6) is 0 Å². The minimum absolute atomic E-state index is 0.141. The summed E-state index contributed by atoms with van der Waals surface area (Å²) in [6.45, 7) is 13.6. The van der Waals surface area contributed by atoms with Crippen molar-refractivity contribution in [3.63, 3.8) is 0 Å². The summed E-state index contributed by atoms with van der Waals surface area (Å²) in [5.41, 5.74) is 4.61. The molecule has 190 valence electrons. The molecule has 0 saturated heterocycles. The molecule has 1 rings (SSSR count).